The number of carbonyl (C=O) groups is 3. The summed E-state index contributed by atoms with van der Waals surface area (Å²) in [5.74, 6) is -1.04. The fourth-order valence-electron chi connectivity index (χ4n) is 10.3. The molecule has 0 aromatic heterocycles. The van der Waals surface area contributed by atoms with E-state index in [1.165, 1.54) is 218 Å². The molecule has 0 rings (SSSR count). The van der Waals surface area contributed by atoms with Crippen LogP contribution in [0.4, 0.5) is 0 Å². The molecule has 6 nitrogen and oxygen atoms in total. The first-order valence-electron chi connectivity index (χ1n) is 35.7. The van der Waals surface area contributed by atoms with Crippen molar-refractivity contribution in [2.24, 2.45) is 0 Å². The first-order valence-corrected chi connectivity index (χ1v) is 35.7. The summed E-state index contributed by atoms with van der Waals surface area (Å²) >= 11 is 0. The third-order valence-electron chi connectivity index (χ3n) is 15.6. The van der Waals surface area contributed by atoms with Crippen LogP contribution in [0, 0.1) is 0 Å². The largest absolute Gasteiger partial charge is 0.462 e. The number of esters is 3. The average Bonchev–Trinajstić information content (AvgIpc) is 3.50. The molecule has 0 bridgehead atoms. The highest BCUT2D eigenvalue weighted by Gasteiger charge is 2.19. The highest BCUT2D eigenvalue weighted by atomic mass is 16.6. The predicted octanol–water partition coefficient (Wildman–Crippen LogP) is 24.8. The fraction of sp³-hybridized carbons (Fsp3) is 0.753. The van der Waals surface area contributed by atoms with Crippen LogP contribution in [0.1, 0.15) is 355 Å². The molecule has 478 valence electrons. The van der Waals surface area contributed by atoms with E-state index >= 15 is 0 Å². The summed E-state index contributed by atoms with van der Waals surface area (Å²) < 4.78 is 16.9. The van der Waals surface area contributed by atoms with Gasteiger partial charge in [-0.15, -0.1) is 0 Å². The van der Waals surface area contributed by atoms with Gasteiger partial charge in [0.25, 0.3) is 0 Å². The molecule has 0 aliphatic heterocycles. The van der Waals surface area contributed by atoms with Crippen molar-refractivity contribution in [1.29, 1.82) is 0 Å². The van der Waals surface area contributed by atoms with Gasteiger partial charge in [0, 0.05) is 12.8 Å². The summed E-state index contributed by atoms with van der Waals surface area (Å²) in [5, 5.41) is 0. The van der Waals surface area contributed by atoms with Crippen molar-refractivity contribution in [1.82, 2.24) is 0 Å². The maximum Gasteiger partial charge on any atom is 0.309 e. The monoisotopic (exact) mass is 1160 g/mol. The Morgan fingerprint density at radius 1 is 0.265 bits per heavy atom. The van der Waals surface area contributed by atoms with E-state index in [1.54, 1.807) is 6.08 Å². The van der Waals surface area contributed by atoms with Crippen molar-refractivity contribution in [3.8, 4) is 0 Å². The molecule has 0 heterocycles. The molecule has 0 saturated heterocycles. The summed E-state index contributed by atoms with van der Waals surface area (Å²) in [6.07, 6.45) is 96.2. The zero-order valence-corrected chi connectivity index (χ0v) is 54.9. The van der Waals surface area contributed by atoms with E-state index < -0.39 is 12.1 Å². The van der Waals surface area contributed by atoms with Crippen LogP contribution in [-0.4, -0.2) is 37.2 Å². The number of hydrogen-bond acceptors (Lipinski definition) is 6. The maximum atomic E-state index is 12.9. The summed E-state index contributed by atoms with van der Waals surface area (Å²) in [7, 11) is 0. The van der Waals surface area contributed by atoms with E-state index in [1.807, 2.05) is 6.08 Å². The molecule has 0 saturated carbocycles. The molecule has 0 N–H and O–H groups in total. The first-order chi connectivity index (χ1) is 41.0. The van der Waals surface area contributed by atoms with Gasteiger partial charge in [-0.1, -0.05) is 349 Å². The van der Waals surface area contributed by atoms with Crippen LogP contribution in [0.5, 0.6) is 0 Å². The Labute approximate surface area is 515 Å². The molecule has 0 aliphatic carbocycles. The van der Waals surface area contributed by atoms with Crippen molar-refractivity contribution in [3.63, 3.8) is 0 Å². The second-order valence-electron chi connectivity index (χ2n) is 23.8. The Morgan fingerprint density at radius 2 is 0.518 bits per heavy atom. The minimum Gasteiger partial charge on any atom is -0.462 e. The van der Waals surface area contributed by atoms with Crippen LogP contribution in [0.15, 0.2) is 97.2 Å². The topological polar surface area (TPSA) is 78.9 Å². The molecule has 83 heavy (non-hydrogen) atoms. The molecule has 0 radical (unpaired) electrons. The van der Waals surface area contributed by atoms with E-state index in [4.69, 9.17) is 14.2 Å². The number of rotatable bonds is 65. The Balaban J connectivity index is 4.27. The van der Waals surface area contributed by atoms with Gasteiger partial charge in [-0.05, 0) is 83.5 Å². The summed E-state index contributed by atoms with van der Waals surface area (Å²) in [6.45, 7) is 6.44. The van der Waals surface area contributed by atoms with E-state index in [9.17, 15) is 14.4 Å². The molecular weight excluding hydrogens is 1020 g/mol. The molecule has 1 unspecified atom stereocenters. The zero-order valence-electron chi connectivity index (χ0n) is 54.9. The minimum absolute atomic E-state index is 0.111. The number of ether oxygens (including phenoxy) is 3. The van der Waals surface area contributed by atoms with Gasteiger partial charge in [-0.25, -0.2) is 0 Å². The van der Waals surface area contributed by atoms with Gasteiger partial charge in [0.1, 0.15) is 13.2 Å². The number of carbonyl (C=O) groups excluding carboxylic acids is 3. The van der Waals surface area contributed by atoms with Crippen molar-refractivity contribution in [3.05, 3.63) is 97.2 Å². The SMILES string of the molecule is CC/C=C\C/C=C\C/C=C\C/C=C\C/C=C\CC(=O)OCC(COC(=O)CCCCCCCCCCCCCCCCCCCCCCCCCCCCCCCCC)OC(=O)CCCCCCCC/C=C\C/C=C\C/C=C\CCCCC. The molecule has 0 fully saturated rings. The van der Waals surface area contributed by atoms with Crippen LogP contribution in [0.3, 0.4) is 0 Å². The molecule has 0 amide bonds. The van der Waals surface area contributed by atoms with Gasteiger partial charge in [-0.2, -0.15) is 0 Å². The second-order valence-corrected chi connectivity index (χ2v) is 23.8. The van der Waals surface area contributed by atoms with Gasteiger partial charge in [0.05, 0.1) is 6.42 Å². The third kappa shape index (κ3) is 69.0. The summed E-state index contributed by atoms with van der Waals surface area (Å²) in [4.78, 5) is 38.3. The van der Waals surface area contributed by atoms with E-state index in [2.05, 4.69) is 106 Å². The fourth-order valence-corrected chi connectivity index (χ4v) is 10.3. The standard InChI is InChI=1S/C77H134O6/c1-4-7-10-13-16-19-22-25-28-30-32-33-34-35-36-37-38-39-40-41-42-43-45-46-49-52-55-58-61-64-67-70-76(79)82-73-74(72-81-75(78)69-66-63-60-57-54-51-48-27-24-21-18-15-12-9-6-3)83-77(80)71-68-65-62-59-56-53-50-47-44-31-29-26-23-20-17-14-11-8-5-2/h9,12,17-18,20-21,26-27,29,44,47-48,54,57,63,66,74H,4-8,10-11,13-16,19,22-25,28,30-43,45-46,49-53,55-56,58-62,64-65,67-73H2,1-3H3/b12-9-,20-17-,21-18-,29-26-,47-44-,48-27-,57-54-,66-63-. The lowest BCUT2D eigenvalue weighted by atomic mass is 10.0. The molecule has 0 aliphatic rings. The lowest BCUT2D eigenvalue weighted by Crippen LogP contribution is -2.30. The van der Waals surface area contributed by atoms with E-state index in [0.717, 1.165) is 96.3 Å². The van der Waals surface area contributed by atoms with Gasteiger partial charge in [0.15, 0.2) is 6.10 Å². The highest BCUT2D eigenvalue weighted by molar-refractivity contribution is 5.72. The Kier molecular flexibility index (Phi) is 67.7. The van der Waals surface area contributed by atoms with Crippen molar-refractivity contribution >= 4 is 17.9 Å². The first kappa shape index (κ1) is 79.3. The number of unbranched alkanes of at least 4 members (excludes halogenated alkanes) is 39. The van der Waals surface area contributed by atoms with Crippen LogP contribution >= 0.6 is 0 Å². The number of allylic oxidation sites excluding steroid dienone is 15. The lowest BCUT2D eigenvalue weighted by Gasteiger charge is -2.18. The molecule has 6 heteroatoms. The zero-order chi connectivity index (χ0) is 59.9. The van der Waals surface area contributed by atoms with Gasteiger partial charge in [-0.3, -0.25) is 14.4 Å². The molecule has 0 spiro atoms. The number of hydrogen-bond donors (Lipinski definition) is 0. The van der Waals surface area contributed by atoms with E-state index in [0.29, 0.717) is 12.8 Å². The molecule has 1 atom stereocenters. The van der Waals surface area contributed by atoms with Crippen LogP contribution in [0.25, 0.3) is 0 Å². The summed E-state index contributed by atoms with van der Waals surface area (Å²) in [5.41, 5.74) is 0. The van der Waals surface area contributed by atoms with Gasteiger partial charge < -0.3 is 14.2 Å². The minimum atomic E-state index is -0.826. The van der Waals surface area contributed by atoms with Crippen LogP contribution in [0.2, 0.25) is 0 Å². The van der Waals surface area contributed by atoms with Crippen molar-refractivity contribution in [2.75, 3.05) is 13.2 Å². The third-order valence-corrected chi connectivity index (χ3v) is 15.6. The average molecular weight is 1160 g/mol. The highest BCUT2D eigenvalue weighted by Crippen LogP contribution is 2.18. The normalized spacial score (nSPS) is 12.7. The van der Waals surface area contributed by atoms with Gasteiger partial charge >= 0.3 is 17.9 Å². The van der Waals surface area contributed by atoms with E-state index in [-0.39, 0.29) is 31.6 Å². The Bertz CT molecular complexity index is 1610. The lowest BCUT2D eigenvalue weighted by molar-refractivity contribution is -0.166. The Morgan fingerprint density at radius 3 is 0.867 bits per heavy atom. The summed E-state index contributed by atoms with van der Waals surface area (Å²) in [6, 6.07) is 0. The maximum absolute atomic E-state index is 12.9. The van der Waals surface area contributed by atoms with Crippen molar-refractivity contribution < 1.29 is 28.6 Å². The smallest absolute Gasteiger partial charge is 0.309 e. The van der Waals surface area contributed by atoms with Crippen LogP contribution in [-0.2, 0) is 28.6 Å². The van der Waals surface area contributed by atoms with Gasteiger partial charge in [0.2, 0.25) is 0 Å². The molecule has 0 aromatic rings. The quantitative estimate of drug-likeness (QED) is 0.0261. The van der Waals surface area contributed by atoms with Crippen LogP contribution < -0.4 is 0 Å². The Hall–Kier alpha value is -3.67. The molecule has 0 aromatic carbocycles. The second kappa shape index (κ2) is 70.8. The predicted molar refractivity (Wildman–Crippen MR) is 362 cm³/mol. The van der Waals surface area contributed by atoms with Crippen molar-refractivity contribution in [2.45, 2.75) is 361 Å². The molecular formula is C77H134O6.